The van der Waals surface area contributed by atoms with Crippen molar-refractivity contribution in [3.8, 4) is 11.6 Å². The number of rotatable bonds is 5. The third-order valence-electron chi connectivity index (χ3n) is 2.84. The lowest BCUT2D eigenvalue weighted by atomic mass is 10.2. The minimum atomic E-state index is -0.278. The van der Waals surface area contributed by atoms with E-state index in [4.69, 9.17) is 4.74 Å². The lowest BCUT2D eigenvalue weighted by Gasteiger charge is -2.09. The number of nitrogens with one attached hydrogen (secondary N) is 1. The molecule has 3 nitrogen and oxygen atoms in total. The van der Waals surface area contributed by atoms with Crippen LogP contribution in [0.15, 0.2) is 36.4 Å². The van der Waals surface area contributed by atoms with Crippen LogP contribution in [0.25, 0.3) is 0 Å². The van der Waals surface area contributed by atoms with Crippen molar-refractivity contribution in [1.82, 2.24) is 10.3 Å². The van der Waals surface area contributed by atoms with Gasteiger partial charge in [-0.2, -0.15) is 0 Å². The third-order valence-corrected chi connectivity index (χ3v) is 2.84. The summed E-state index contributed by atoms with van der Waals surface area (Å²) in [6.45, 7) is 6.55. The van der Waals surface area contributed by atoms with Gasteiger partial charge >= 0.3 is 0 Å². The molecule has 0 aliphatic rings. The van der Waals surface area contributed by atoms with E-state index in [1.54, 1.807) is 25.1 Å². The van der Waals surface area contributed by atoms with Gasteiger partial charge in [-0.3, -0.25) is 0 Å². The summed E-state index contributed by atoms with van der Waals surface area (Å²) in [7, 11) is 0. The molecule has 20 heavy (non-hydrogen) atoms. The molecule has 0 aliphatic heterocycles. The topological polar surface area (TPSA) is 34.1 Å². The predicted octanol–water partition coefficient (Wildman–Crippen LogP) is 3.82. The molecule has 1 aromatic heterocycles. The number of hydrogen-bond donors (Lipinski definition) is 1. The Morgan fingerprint density at radius 1 is 1.25 bits per heavy atom. The standard InChI is InChI=1S/C16H19FN2O/c1-11(2)18-10-13-5-4-6-16(19-13)20-14-8-7-12(3)15(17)9-14/h4-9,11,18H,10H2,1-3H3. The van der Waals surface area contributed by atoms with Crippen LogP contribution in [0.1, 0.15) is 25.1 Å². The average Bonchev–Trinajstić information content (AvgIpc) is 2.41. The summed E-state index contributed by atoms with van der Waals surface area (Å²) in [6.07, 6.45) is 0. The molecule has 0 aliphatic carbocycles. The highest BCUT2D eigenvalue weighted by atomic mass is 19.1. The van der Waals surface area contributed by atoms with Gasteiger partial charge in [0.05, 0.1) is 5.69 Å². The first-order valence-corrected chi connectivity index (χ1v) is 6.68. The molecule has 0 atom stereocenters. The summed E-state index contributed by atoms with van der Waals surface area (Å²) in [5.41, 5.74) is 1.49. The first-order chi connectivity index (χ1) is 9.54. The van der Waals surface area contributed by atoms with Gasteiger partial charge in [-0.25, -0.2) is 9.37 Å². The monoisotopic (exact) mass is 274 g/mol. The Balaban J connectivity index is 2.08. The summed E-state index contributed by atoms with van der Waals surface area (Å²) in [6, 6.07) is 10.8. The maximum absolute atomic E-state index is 13.5. The first-order valence-electron chi connectivity index (χ1n) is 6.68. The van der Waals surface area contributed by atoms with E-state index >= 15 is 0 Å². The fraction of sp³-hybridized carbons (Fsp3) is 0.312. The molecule has 0 unspecified atom stereocenters. The largest absolute Gasteiger partial charge is 0.439 e. The smallest absolute Gasteiger partial charge is 0.219 e. The molecule has 0 spiro atoms. The zero-order valence-corrected chi connectivity index (χ0v) is 12.0. The van der Waals surface area contributed by atoms with Crippen LogP contribution < -0.4 is 10.1 Å². The summed E-state index contributed by atoms with van der Waals surface area (Å²) >= 11 is 0. The molecule has 4 heteroatoms. The Morgan fingerprint density at radius 2 is 2.05 bits per heavy atom. The number of pyridine rings is 1. The van der Waals surface area contributed by atoms with E-state index < -0.39 is 0 Å². The molecule has 2 aromatic rings. The zero-order chi connectivity index (χ0) is 14.5. The fourth-order valence-corrected chi connectivity index (χ4v) is 1.68. The van der Waals surface area contributed by atoms with E-state index in [2.05, 4.69) is 24.1 Å². The summed E-state index contributed by atoms with van der Waals surface area (Å²) in [4.78, 5) is 4.38. The number of benzene rings is 1. The van der Waals surface area contributed by atoms with Crippen molar-refractivity contribution in [2.75, 3.05) is 0 Å². The van der Waals surface area contributed by atoms with Crippen molar-refractivity contribution in [1.29, 1.82) is 0 Å². The van der Waals surface area contributed by atoms with E-state index in [0.717, 1.165) is 5.69 Å². The number of nitrogens with zero attached hydrogens (tertiary/aromatic N) is 1. The van der Waals surface area contributed by atoms with Gasteiger partial charge in [0, 0.05) is 24.7 Å². The predicted molar refractivity (Wildman–Crippen MR) is 77.4 cm³/mol. The van der Waals surface area contributed by atoms with Gasteiger partial charge in [0.15, 0.2) is 0 Å². The molecule has 0 saturated heterocycles. The van der Waals surface area contributed by atoms with Crippen molar-refractivity contribution >= 4 is 0 Å². The molecule has 0 fully saturated rings. The van der Waals surface area contributed by atoms with Crippen LogP contribution in [-0.4, -0.2) is 11.0 Å². The lowest BCUT2D eigenvalue weighted by Crippen LogP contribution is -2.22. The van der Waals surface area contributed by atoms with Gasteiger partial charge in [0.2, 0.25) is 5.88 Å². The second kappa shape index (κ2) is 6.48. The van der Waals surface area contributed by atoms with Crippen LogP contribution in [0.5, 0.6) is 11.6 Å². The van der Waals surface area contributed by atoms with E-state index in [1.807, 2.05) is 12.1 Å². The van der Waals surface area contributed by atoms with Crippen molar-refractivity contribution < 1.29 is 9.13 Å². The molecule has 0 saturated carbocycles. The molecule has 0 radical (unpaired) electrons. The van der Waals surface area contributed by atoms with Crippen LogP contribution in [0.2, 0.25) is 0 Å². The Hall–Kier alpha value is -1.94. The highest BCUT2D eigenvalue weighted by Crippen LogP contribution is 2.21. The van der Waals surface area contributed by atoms with Crippen molar-refractivity contribution in [3.63, 3.8) is 0 Å². The second-order valence-electron chi connectivity index (χ2n) is 5.02. The number of aromatic nitrogens is 1. The highest BCUT2D eigenvalue weighted by molar-refractivity contribution is 5.31. The number of ether oxygens (including phenoxy) is 1. The molecular formula is C16H19FN2O. The van der Waals surface area contributed by atoms with Gasteiger partial charge in [0.1, 0.15) is 11.6 Å². The van der Waals surface area contributed by atoms with Gasteiger partial charge in [-0.05, 0) is 24.6 Å². The molecule has 1 N–H and O–H groups in total. The summed E-state index contributed by atoms with van der Waals surface area (Å²) in [5, 5.41) is 3.29. The van der Waals surface area contributed by atoms with Gasteiger partial charge < -0.3 is 10.1 Å². The van der Waals surface area contributed by atoms with Crippen molar-refractivity contribution in [3.05, 3.63) is 53.5 Å². The molecule has 1 aromatic carbocycles. The van der Waals surface area contributed by atoms with Crippen LogP contribution in [0.3, 0.4) is 0 Å². The van der Waals surface area contributed by atoms with Gasteiger partial charge in [-0.15, -0.1) is 0 Å². The minimum absolute atomic E-state index is 0.278. The highest BCUT2D eigenvalue weighted by Gasteiger charge is 2.04. The zero-order valence-electron chi connectivity index (χ0n) is 12.0. The van der Waals surface area contributed by atoms with E-state index in [-0.39, 0.29) is 5.82 Å². The molecule has 106 valence electrons. The molecule has 2 rings (SSSR count). The summed E-state index contributed by atoms with van der Waals surface area (Å²) in [5.74, 6) is 0.644. The van der Waals surface area contributed by atoms with Crippen LogP contribution in [0.4, 0.5) is 4.39 Å². The Bertz CT molecular complexity index is 584. The normalized spacial score (nSPS) is 10.8. The van der Waals surface area contributed by atoms with Crippen molar-refractivity contribution in [2.24, 2.45) is 0 Å². The molecule has 1 heterocycles. The fourth-order valence-electron chi connectivity index (χ4n) is 1.68. The Morgan fingerprint density at radius 3 is 2.75 bits per heavy atom. The lowest BCUT2D eigenvalue weighted by molar-refractivity contribution is 0.453. The molecular weight excluding hydrogens is 255 g/mol. The Labute approximate surface area is 118 Å². The second-order valence-corrected chi connectivity index (χ2v) is 5.02. The van der Waals surface area contributed by atoms with Crippen LogP contribution >= 0.6 is 0 Å². The van der Waals surface area contributed by atoms with Gasteiger partial charge in [-0.1, -0.05) is 26.0 Å². The average molecular weight is 274 g/mol. The van der Waals surface area contributed by atoms with E-state index in [0.29, 0.717) is 29.8 Å². The quantitative estimate of drug-likeness (QED) is 0.900. The maximum Gasteiger partial charge on any atom is 0.219 e. The minimum Gasteiger partial charge on any atom is -0.439 e. The molecule has 0 amide bonds. The van der Waals surface area contributed by atoms with E-state index in [1.165, 1.54) is 6.07 Å². The molecule has 0 bridgehead atoms. The Kier molecular flexibility index (Phi) is 4.69. The SMILES string of the molecule is Cc1ccc(Oc2cccc(CNC(C)C)n2)cc1F. The third kappa shape index (κ3) is 4.03. The van der Waals surface area contributed by atoms with Crippen LogP contribution in [-0.2, 0) is 6.54 Å². The van der Waals surface area contributed by atoms with E-state index in [9.17, 15) is 4.39 Å². The van der Waals surface area contributed by atoms with Crippen LogP contribution in [0, 0.1) is 12.7 Å². The number of aryl methyl sites for hydroxylation is 1. The summed E-state index contributed by atoms with van der Waals surface area (Å²) < 4.78 is 19.0. The first kappa shape index (κ1) is 14.5. The number of hydrogen-bond acceptors (Lipinski definition) is 3. The maximum atomic E-state index is 13.5. The van der Waals surface area contributed by atoms with Crippen molar-refractivity contribution in [2.45, 2.75) is 33.4 Å². The number of halogens is 1. The van der Waals surface area contributed by atoms with Gasteiger partial charge in [0.25, 0.3) is 0 Å².